The van der Waals surface area contributed by atoms with Gasteiger partial charge in [0.05, 0.1) is 11.2 Å². The number of rotatable bonds is 7. The second kappa shape index (κ2) is 9.23. The second-order valence-corrected chi connectivity index (χ2v) is 10.1. The highest BCUT2D eigenvalue weighted by atomic mass is 32.2. The molecule has 6 nitrogen and oxygen atoms in total. The van der Waals surface area contributed by atoms with Gasteiger partial charge in [0, 0.05) is 10.6 Å². The second-order valence-electron chi connectivity index (χ2n) is 6.94. The highest BCUT2D eigenvalue weighted by Crippen LogP contribution is 2.44. The number of nitrogens with zero attached hydrogens (tertiary/aromatic N) is 2. The molecule has 0 aliphatic heterocycles. The first-order valence-corrected chi connectivity index (χ1v) is 12.1. The Hall–Kier alpha value is -2.30. The summed E-state index contributed by atoms with van der Waals surface area (Å²) < 4.78 is 13.5. The molecule has 0 bridgehead atoms. The fraction of sp³-hybridized carbons (Fsp3) is 0.300. The number of aromatic nitrogens is 2. The summed E-state index contributed by atoms with van der Waals surface area (Å²) in [6.45, 7) is 0. The first-order chi connectivity index (χ1) is 14.5. The maximum atomic E-state index is 13.1. The third-order valence-corrected chi connectivity index (χ3v) is 8.01. The van der Waals surface area contributed by atoms with Crippen molar-refractivity contribution in [1.29, 1.82) is 0 Å². The van der Waals surface area contributed by atoms with Crippen molar-refractivity contribution in [3.8, 4) is 0 Å². The van der Waals surface area contributed by atoms with Crippen LogP contribution in [-0.2, 0) is 15.0 Å². The van der Waals surface area contributed by atoms with Crippen molar-refractivity contribution in [3.63, 3.8) is 0 Å². The lowest BCUT2D eigenvalue weighted by atomic mass is 9.83. The fourth-order valence-corrected chi connectivity index (χ4v) is 6.04. The third kappa shape index (κ3) is 4.71. The van der Waals surface area contributed by atoms with Crippen molar-refractivity contribution in [3.05, 3.63) is 52.5 Å². The summed E-state index contributed by atoms with van der Waals surface area (Å²) in [4.78, 5) is 26.2. The predicted molar refractivity (Wildman–Crippen MR) is 119 cm³/mol. The van der Waals surface area contributed by atoms with Crippen molar-refractivity contribution in [1.82, 2.24) is 10.2 Å². The van der Waals surface area contributed by atoms with E-state index in [9.17, 15) is 14.0 Å². The number of hydrogen-bond acceptors (Lipinski definition) is 7. The molecule has 1 fully saturated rings. The number of benzene rings is 1. The zero-order valence-corrected chi connectivity index (χ0v) is 18.3. The van der Waals surface area contributed by atoms with Gasteiger partial charge in [0.25, 0.3) is 0 Å². The maximum absolute atomic E-state index is 13.1. The Morgan fingerprint density at radius 2 is 1.87 bits per heavy atom. The van der Waals surface area contributed by atoms with Gasteiger partial charge in [-0.15, -0.1) is 21.5 Å². The molecule has 0 atom stereocenters. The number of carbonyl (C=O) groups excluding carboxylic acids is 2. The summed E-state index contributed by atoms with van der Waals surface area (Å²) in [5, 5.41) is 16.2. The highest BCUT2D eigenvalue weighted by molar-refractivity contribution is 8.01. The fourth-order valence-electron chi connectivity index (χ4n) is 3.51. The monoisotopic (exact) mass is 462 g/mol. The molecule has 2 heterocycles. The Morgan fingerprint density at radius 1 is 1.10 bits per heavy atom. The van der Waals surface area contributed by atoms with E-state index in [4.69, 9.17) is 0 Å². The highest BCUT2D eigenvalue weighted by Gasteiger charge is 2.43. The van der Waals surface area contributed by atoms with Crippen molar-refractivity contribution in [2.24, 2.45) is 0 Å². The van der Waals surface area contributed by atoms with Crippen LogP contribution in [0.1, 0.15) is 30.6 Å². The van der Waals surface area contributed by atoms with Crippen LogP contribution in [-0.4, -0.2) is 27.8 Å². The molecule has 0 unspecified atom stereocenters. The molecular weight excluding hydrogens is 443 g/mol. The minimum Gasteiger partial charge on any atom is -0.325 e. The Labute approximate surface area is 185 Å². The molecule has 4 rings (SSSR count). The van der Waals surface area contributed by atoms with Gasteiger partial charge in [-0.25, -0.2) is 4.39 Å². The van der Waals surface area contributed by atoms with Gasteiger partial charge in [-0.1, -0.05) is 42.0 Å². The van der Waals surface area contributed by atoms with E-state index in [0.29, 0.717) is 15.2 Å². The van der Waals surface area contributed by atoms with E-state index in [2.05, 4.69) is 20.8 Å². The molecule has 0 radical (unpaired) electrons. The molecule has 0 spiro atoms. The number of hydrogen-bond donors (Lipinski definition) is 2. The standard InChI is InChI=1S/C20H19FN4O2S3/c21-13-5-7-14(8-6-13)22-16(26)12-29-19-25-24-18(30-19)23-17(27)20(9-1-2-10-20)15-4-3-11-28-15/h3-8,11H,1-2,9-10,12H2,(H,22,26)(H,23,24,27). The predicted octanol–water partition coefficient (Wildman–Crippen LogP) is 4.92. The number of halogens is 1. The lowest BCUT2D eigenvalue weighted by Crippen LogP contribution is -2.37. The Kier molecular flexibility index (Phi) is 6.45. The van der Waals surface area contributed by atoms with Gasteiger partial charge in [-0.05, 0) is 48.6 Å². The third-order valence-electron chi connectivity index (χ3n) is 4.97. The summed E-state index contributed by atoms with van der Waals surface area (Å²) in [5.74, 6) is -0.484. The number of nitrogens with one attached hydrogen (secondary N) is 2. The maximum Gasteiger partial charge on any atom is 0.237 e. The number of thiophene rings is 1. The average molecular weight is 463 g/mol. The van der Waals surface area contributed by atoms with Crippen LogP contribution in [0.4, 0.5) is 15.2 Å². The molecule has 10 heteroatoms. The van der Waals surface area contributed by atoms with E-state index in [0.717, 1.165) is 30.6 Å². The van der Waals surface area contributed by atoms with Gasteiger partial charge >= 0.3 is 0 Å². The lowest BCUT2D eigenvalue weighted by Gasteiger charge is -2.25. The van der Waals surface area contributed by atoms with Crippen LogP contribution >= 0.6 is 34.4 Å². The first kappa shape index (κ1) is 21.0. The molecule has 2 aromatic heterocycles. The van der Waals surface area contributed by atoms with Crippen molar-refractivity contribution >= 4 is 57.1 Å². The van der Waals surface area contributed by atoms with Crippen molar-refractivity contribution in [2.45, 2.75) is 35.4 Å². The van der Waals surface area contributed by atoms with Gasteiger partial charge in [0.1, 0.15) is 5.82 Å². The molecule has 1 aliphatic rings. The van der Waals surface area contributed by atoms with Crippen LogP contribution in [0.15, 0.2) is 46.1 Å². The summed E-state index contributed by atoms with van der Waals surface area (Å²) in [5.41, 5.74) is 0.0463. The van der Waals surface area contributed by atoms with Crippen molar-refractivity contribution in [2.75, 3.05) is 16.4 Å². The molecule has 156 valence electrons. The summed E-state index contributed by atoms with van der Waals surface area (Å²) in [6, 6.07) is 9.58. The van der Waals surface area contributed by atoms with Crippen molar-refractivity contribution < 1.29 is 14.0 Å². The molecular formula is C20H19FN4O2S3. The summed E-state index contributed by atoms with van der Waals surface area (Å²) >= 11 is 4.10. The average Bonchev–Trinajstić information content (AvgIpc) is 3.50. The van der Waals surface area contributed by atoms with Gasteiger partial charge in [0.2, 0.25) is 16.9 Å². The van der Waals surface area contributed by atoms with E-state index in [1.165, 1.54) is 47.4 Å². The van der Waals surface area contributed by atoms with Crippen LogP contribution in [0.2, 0.25) is 0 Å². The normalized spacial score (nSPS) is 15.1. The molecule has 30 heavy (non-hydrogen) atoms. The Balaban J connectivity index is 1.33. The van der Waals surface area contributed by atoms with Crippen LogP contribution < -0.4 is 10.6 Å². The smallest absolute Gasteiger partial charge is 0.237 e. The van der Waals surface area contributed by atoms with Gasteiger partial charge in [-0.3, -0.25) is 14.9 Å². The van der Waals surface area contributed by atoms with E-state index in [-0.39, 0.29) is 23.4 Å². The largest absolute Gasteiger partial charge is 0.325 e. The molecule has 1 aromatic carbocycles. The topological polar surface area (TPSA) is 84.0 Å². The number of anilines is 2. The Bertz CT molecular complexity index is 1020. The van der Waals surface area contributed by atoms with Crippen LogP contribution in [0.5, 0.6) is 0 Å². The van der Waals surface area contributed by atoms with Gasteiger partial charge < -0.3 is 5.32 Å². The number of thioether (sulfide) groups is 1. The quantitative estimate of drug-likeness (QED) is 0.385. The zero-order chi connectivity index (χ0) is 21.0. The van der Waals surface area contributed by atoms with E-state index in [1.54, 1.807) is 11.3 Å². The van der Waals surface area contributed by atoms with Crippen LogP contribution in [0.3, 0.4) is 0 Å². The molecule has 0 saturated heterocycles. The molecule has 3 aromatic rings. The minimum atomic E-state index is -0.484. The molecule has 1 aliphatic carbocycles. The summed E-state index contributed by atoms with van der Waals surface area (Å²) in [6.07, 6.45) is 3.74. The Morgan fingerprint density at radius 3 is 2.57 bits per heavy atom. The summed E-state index contributed by atoms with van der Waals surface area (Å²) in [7, 11) is 0. The minimum absolute atomic E-state index is 0.0378. The SMILES string of the molecule is O=C(CSc1nnc(NC(=O)C2(c3cccs3)CCCC2)s1)Nc1ccc(F)cc1. The molecule has 1 saturated carbocycles. The zero-order valence-electron chi connectivity index (χ0n) is 15.9. The number of carbonyl (C=O) groups is 2. The van der Waals surface area contributed by atoms with Crippen LogP contribution in [0, 0.1) is 5.82 Å². The number of amides is 2. The van der Waals surface area contributed by atoms with Crippen LogP contribution in [0.25, 0.3) is 0 Å². The van der Waals surface area contributed by atoms with Gasteiger partial charge in [0.15, 0.2) is 4.34 Å². The molecule has 2 amide bonds. The molecule has 2 N–H and O–H groups in total. The van der Waals surface area contributed by atoms with E-state index in [1.807, 2.05) is 17.5 Å². The lowest BCUT2D eigenvalue weighted by molar-refractivity contribution is -0.121. The first-order valence-electron chi connectivity index (χ1n) is 9.42. The van der Waals surface area contributed by atoms with Gasteiger partial charge in [-0.2, -0.15) is 0 Å². The van der Waals surface area contributed by atoms with E-state index >= 15 is 0 Å². The van der Waals surface area contributed by atoms with E-state index < -0.39 is 5.41 Å².